The molecule has 0 aliphatic carbocycles. The van der Waals surface area contributed by atoms with E-state index in [-0.39, 0.29) is 5.91 Å². The van der Waals surface area contributed by atoms with E-state index in [1.54, 1.807) is 6.08 Å². The highest BCUT2D eigenvalue weighted by Gasteiger charge is 2.30. The average molecular weight is 330 g/mol. The van der Waals surface area contributed by atoms with Gasteiger partial charge in [-0.2, -0.15) is 0 Å². The van der Waals surface area contributed by atoms with Crippen LogP contribution in [0.4, 0.5) is 0 Å². The van der Waals surface area contributed by atoms with Crippen LogP contribution in [0, 0.1) is 0 Å². The molecule has 0 spiro atoms. The Morgan fingerprint density at radius 3 is 2.77 bits per heavy atom. The number of amides is 1. The number of thiocarbonyl (C=S) groups is 1. The zero-order valence-corrected chi connectivity index (χ0v) is 13.5. The monoisotopic (exact) mass is 330 g/mol. The minimum absolute atomic E-state index is 0.287. The number of benzene rings is 2. The van der Waals surface area contributed by atoms with Crippen molar-refractivity contribution in [1.82, 2.24) is 5.01 Å². The van der Waals surface area contributed by atoms with Crippen LogP contribution in [0.1, 0.15) is 12.5 Å². The number of carbonyl (C=O) groups is 1. The van der Waals surface area contributed by atoms with Gasteiger partial charge in [0.1, 0.15) is 5.75 Å². The predicted octanol–water partition coefficient (Wildman–Crippen LogP) is 3.31. The first-order chi connectivity index (χ1) is 10.6. The molecule has 1 saturated heterocycles. The lowest BCUT2D eigenvalue weighted by Gasteiger charge is -2.11. The molecule has 4 nitrogen and oxygen atoms in total. The van der Waals surface area contributed by atoms with E-state index < -0.39 is 0 Å². The van der Waals surface area contributed by atoms with Crippen LogP contribution >= 0.6 is 24.0 Å². The van der Waals surface area contributed by atoms with Gasteiger partial charge < -0.3 is 4.74 Å². The summed E-state index contributed by atoms with van der Waals surface area (Å²) in [7, 11) is 0. The highest BCUT2D eigenvalue weighted by Crippen LogP contribution is 2.35. The van der Waals surface area contributed by atoms with Crippen LogP contribution in [-0.4, -0.2) is 21.8 Å². The highest BCUT2D eigenvalue weighted by atomic mass is 32.2. The Kier molecular flexibility index (Phi) is 4.15. The fourth-order valence-corrected chi connectivity index (χ4v) is 3.40. The van der Waals surface area contributed by atoms with Crippen molar-refractivity contribution < 1.29 is 9.53 Å². The van der Waals surface area contributed by atoms with Gasteiger partial charge in [-0.25, -0.2) is 10.9 Å². The number of hydrogen-bond acceptors (Lipinski definition) is 5. The molecule has 0 unspecified atom stereocenters. The molecule has 3 rings (SSSR count). The van der Waals surface area contributed by atoms with Crippen LogP contribution in [0.3, 0.4) is 0 Å². The van der Waals surface area contributed by atoms with Gasteiger partial charge >= 0.3 is 0 Å². The first-order valence-electron chi connectivity index (χ1n) is 6.79. The summed E-state index contributed by atoms with van der Waals surface area (Å²) in [4.78, 5) is 12.6. The third kappa shape index (κ3) is 2.61. The second kappa shape index (κ2) is 6.08. The lowest BCUT2D eigenvalue weighted by molar-refractivity contribution is -0.122. The SMILES string of the molecule is CCOc1ccc2ccccc2c1/C=C1/SC(=S)N(N)C1=O. The number of nitrogens with two attached hydrogens (primary N) is 1. The Hall–Kier alpha value is -1.89. The van der Waals surface area contributed by atoms with Crippen molar-refractivity contribution in [2.45, 2.75) is 6.92 Å². The van der Waals surface area contributed by atoms with Crippen molar-refractivity contribution >= 4 is 51.1 Å². The minimum Gasteiger partial charge on any atom is -0.493 e. The van der Waals surface area contributed by atoms with Crippen molar-refractivity contribution in [1.29, 1.82) is 0 Å². The minimum atomic E-state index is -0.287. The summed E-state index contributed by atoms with van der Waals surface area (Å²) in [6, 6.07) is 11.9. The molecule has 6 heteroatoms. The van der Waals surface area contributed by atoms with E-state index in [2.05, 4.69) is 0 Å². The van der Waals surface area contributed by atoms with E-state index in [1.165, 1.54) is 11.8 Å². The standard InChI is InChI=1S/C16H14N2O2S2/c1-2-20-13-8-7-10-5-3-4-6-11(10)12(13)9-14-15(19)18(17)16(21)22-14/h3-9H,2,17H2,1H3/b14-9+. The van der Waals surface area contributed by atoms with E-state index in [0.717, 1.165) is 27.1 Å². The summed E-state index contributed by atoms with van der Waals surface area (Å²) in [6.45, 7) is 2.48. The summed E-state index contributed by atoms with van der Waals surface area (Å²) in [5.74, 6) is 6.08. The third-order valence-corrected chi connectivity index (χ3v) is 4.66. The Labute approximate surface area is 137 Å². The molecule has 1 fully saturated rings. The van der Waals surface area contributed by atoms with Crippen molar-refractivity contribution in [3.05, 3.63) is 46.9 Å². The Morgan fingerprint density at radius 2 is 2.09 bits per heavy atom. The van der Waals surface area contributed by atoms with Gasteiger partial charge in [0.05, 0.1) is 11.5 Å². The Bertz CT molecular complexity index is 802. The fourth-order valence-electron chi connectivity index (χ4n) is 2.32. The number of thioether (sulfide) groups is 1. The fraction of sp³-hybridized carbons (Fsp3) is 0.125. The normalized spacial score (nSPS) is 16.8. The van der Waals surface area contributed by atoms with Gasteiger partial charge in [0.15, 0.2) is 4.32 Å². The second-order valence-corrected chi connectivity index (χ2v) is 6.36. The molecule has 2 N–H and O–H groups in total. The number of rotatable bonds is 3. The number of hydrazine groups is 1. The molecular weight excluding hydrogens is 316 g/mol. The number of hydrogen-bond donors (Lipinski definition) is 1. The second-order valence-electron chi connectivity index (χ2n) is 4.68. The molecule has 0 radical (unpaired) electrons. The summed E-state index contributed by atoms with van der Waals surface area (Å²) in [5.41, 5.74) is 0.869. The molecule has 1 aliphatic heterocycles. The summed E-state index contributed by atoms with van der Waals surface area (Å²) >= 11 is 6.26. The number of fused-ring (bicyclic) bond motifs is 1. The lowest BCUT2D eigenvalue weighted by Crippen LogP contribution is -2.34. The molecule has 22 heavy (non-hydrogen) atoms. The van der Waals surface area contributed by atoms with Crippen LogP contribution in [0.25, 0.3) is 16.8 Å². The topological polar surface area (TPSA) is 55.6 Å². The van der Waals surface area contributed by atoms with Gasteiger partial charge in [-0.15, -0.1) is 0 Å². The van der Waals surface area contributed by atoms with Crippen LogP contribution in [0.15, 0.2) is 41.3 Å². The molecule has 0 bridgehead atoms. The molecule has 112 valence electrons. The number of ether oxygens (including phenoxy) is 1. The van der Waals surface area contributed by atoms with Gasteiger partial charge in [-0.3, -0.25) is 4.79 Å². The van der Waals surface area contributed by atoms with Gasteiger partial charge in [-0.05, 0) is 29.8 Å². The van der Waals surface area contributed by atoms with Crippen LogP contribution in [-0.2, 0) is 4.79 Å². The van der Waals surface area contributed by atoms with E-state index in [1.807, 2.05) is 43.3 Å². The van der Waals surface area contributed by atoms with E-state index in [0.29, 0.717) is 15.8 Å². The van der Waals surface area contributed by atoms with Gasteiger partial charge in [0, 0.05) is 5.56 Å². The summed E-state index contributed by atoms with van der Waals surface area (Å²) in [6.07, 6.45) is 1.81. The third-order valence-electron chi connectivity index (χ3n) is 3.33. The van der Waals surface area contributed by atoms with Gasteiger partial charge in [0.2, 0.25) is 0 Å². The summed E-state index contributed by atoms with van der Waals surface area (Å²) < 4.78 is 6.06. The number of nitrogens with zero attached hydrogens (tertiary/aromatic N) is 1. The summed E-state index contributed by atoms with van der Waals surface area (Å²) in [5, 5.41) is 3.10. The van der Waals surface area contributed by atoms with Crippen LogP contribution < -0.4 is 10.6 Å². The smallest absolute Gasteiger partial charge is 0.280 e. The molecular formula is C16H14N2O2S2. The van der Waals surface area contributed by atoms with Crippen molar-refractivity contribution in [3.63, 3.8) is 0 Å². The van der Waals surface area contributed by atoms with Crippen molar-refractivity contribution in [3.8, 4) is 5.75 Å². The Balaban J connectivity index is 2.18. The van der Waals surface area contributed by atoms with E-state index >= 15 is 0 Å². The Morgan fingerprint density at radius 1 is 1.32 bits per heavy atom. The van der Waals surface area contributed by atoms with Crippen molar-refractivity contribution in [2.24, 2.45) is 5.84 Å². The molecule has 2 aromatic rings. The maximum absolute atomic E-state index is 12.1. The molecule has 2 aromatic carbocycles. The molecule has 0 aromatic heterocycles. The quantitative estimate of drug-likeness (QED) is 0.405. The highest BCUT2D eigenvalue weighted by molar-refractivity contribution is 8.26. The average Bonchev–Trinajstić information content (AvgIpc) is 2.77. The van der Waals surface area contributed by atoms with Crippen LogP contribution in [0.5, 0.6) is 5.75 Å². The molecule has 1 amide bonds. The zero-order valence-electron chi connectivity index (χ0n) is 11.9. The van der Waals surface area contributed by atoms with Gasteiger partial charge in [0.25, 0.3) is 5.91 Å². The van der Waals surface area contributed by atoms with E-state index in [4.69, 9.17) is 22.8 Å². The molecule has 0 saturated carbocycles. The van der Waals surface area contributed by atoms with Crippen LogP contribution in [0.2, 0.25) is 0 Å². The first-order valence-corrected chi connectivity index (χ1v) is 8.01. The number of carbonyl (C=O) groups excluding carboxylic acids is 1. The maximum Gasteiger partial charge on any atom is 0.280 e. The molecule has 1 aliphatic rings. The van der Waals surface area contributed by atoms with Gasteiger partial charge in [-0.1, -0.05) is 54.3 Å². The first kappa shape index (κ1) is 15.0. The largest absolute Gasteiger partial charge is 0.493 e. The predicted molar refractivity (Wildman–Crippen MR) is 94.3 cm³/mol. The molecule has 0 atom stereocenters. The zero-order chi connectivity index (χ0) is 15.7. The maximum atomic E-state index is 12.1. The molecule has 1 heterocycles. The lowest BCUT2D eigenvalue weighted by atomic mass is 10.0. The van der Waals surface area contributed by atoms with Crippen molar-refractivity contribution in [2.75, 3.05) is 6.61 Å². The van der Waals surface area contributed by atoms with E-state index in [9.17, 15) is 4.79 Å².